The van der Waals surface area contributed by atoms with Crippen molar-refractivity contribution in [3.8, 4) is 0 Å². The maximum atomic E-state index is 13.1. The van der Waals surface area contributed by atoms with Gasteiger partial charge in [-0.2, -0.15) is 0 Å². The largest absolute Gasteiger partial charge is 0.481 e. The van der Waals surface area contributed by atoms with E-state index in [0.717, 1.165) is 51.4 Å². The van der Waals surface area contributed by atoms with Gasteiger partial charge < -0.3 is 15.2 Å². The Hall–Kier alpha value is -1.26. The predicted molar refractivity (Wildman–Crippen MR) is 172 cm³/mol. The Balaban J connectivity index is 1.26. The van der Waals surface area contributed by atoms with Gasteiger partial charge in [-0.3, -0.25) is 4.79 Å². The molecule has 6 fully saturated rings. The molecular weight excluding hydrogens is 534 g/mol. The van der Waals surface area contributed by atoms with Crippen LogP contribution in [0.4, 0.5) is 4.79 Å². The van der Waals surface area contributed by atoms with Crippen LogP contribution in [0.1, 0.15) is 152 Å². The molecule has 0 aromatic heterocycles. The van der Waals surface area contributed by atoms with Crippen LogP contribution >= 0.6 is 0 Å². The molecule has 6 saturated carbocycles. The number of amides is 1. The zero-order valence-corrected chi connectivity index (χ0v) is 28.8. The van der Waals surface area contributed by atoms with Crippen molar-refractivity contribution in [2.24, 2.45) is 62.1 Å². The summed E-state index contributed by atoms with van der Waals surface area (Å²) in [5.41, 5.74) is 0.0543. The molecule has 0 aliphatic heterocycles. The third-order valence-electron chi connectivity index (χ3n) is 16.7. The van der Waals surface area contributed by atoms with Crippen LogP contribution in [-0.4, -0.2) is 29.3 Å². The standard InChI is InChI=1S/C38H63NO4/c1-24(2)34(5)20-22-38(31(40)41)23-21-36(7)26(30(34)38)14-15-28-35(6)18-17-29(33(3,4)27(35)16-19-37(28,36)8)43-32(42)39-25-12-10-9-11-13-25/h24-30H,9-23H2,1-8H3,(H,39,42)(H,40,41)/t26?,27?,28?,29-,30?,34?,35+,36-,37?,38+/m1/s1. The summed E-state index contributed by atoms with van der Waals surface area (Å²) >= 11 is 0. The fourth-order valence-corrected chi connectivity index (χ4v) is 13.8. The van der Waals surface area contributed by atoms with Crippen molar-refractivity contribution in [2.75, 3.05) is 0 Å². The lowest BCUT2D eigenvalue weighted by atomic mass is 9.31. The molecule has 5 heteroatoms. The lowest BCUT2D eigenvalue weighted by molar-refractivity contribution is -0.253. The summed E-state index contributed by atoms with van der Waals surface area (Å²) in [7, 11) is 0. The monoisotopic (exact) mass is 597 g/mol. The average Bonchev–Trinajstić information content (AvgIpc) is 3.26. The van der Waals surface area contributed by atoms with Crippen LogP contribution in [0.5, 0.6) is 0 Å². The fraction of sp³-hybridized carbons (Fsp3) is 0.947. The minimum atomic E-state index is -0.539. The first kappa shape index (κ1) is 31.7. The number of hydrogen-bond acceptors (Lipinski definition) is 3. The smallest absolute Gasteiger partial charge is 0.407 e. The van der Waals surface area contributed by atoms with Crippen molar-refractivity contribution in [3.05, 3.63) is 0 Å². The minimum absolute atomic E-state index is 0.0402. The Kier molecular flexibility index (Phi) is 7.65. The molecule has 1 amide bonds. The van der Waals surface area contributed by atoms with E-state index in [4.69, 9.17) is 4.74 Å². The van der Waals surface area contributed by atoms with Crippen molar-refractivity contribution in [3.63, 3.8) is 0 Å². The van der Waals surface area contributed by atoms with E-state index in [1.165, 1.54) is 44.9 Å². The number of hydrogen-bond donors (Lipinski definition) is 2. The Bertz CT molecular complexity index is 1110. The van der Waals surface area contributed by atoms with E-state index < -0.39 is 11.4 Å². The second-order valence-electron chi connectivity index (χ2n) is 18.5. The average molecular weight is 598 g/mol. The molecule has 43 heavy (non-hydrogen) atoms. The molecule has 0 radical (unpaired) electrons. The highest BCUT2D eigenvalue weighted by molar-refractivity contribution is 5.76. The lowest BCUT2D eigenvalue weighted by Gasteiger charge is -2.73. The first-order valence-corrected chi connectivity index (χ1v) is 18.3. The number of nitrogens with one attached hydrogen (secondary N) is 1. The van der Waals surface area contributed by atoms with Gasteiger partial charge in [-0.05, 0) is 128 Å². The van der Waals surface area contributed by atoms with Crippen molar-refractivity contribution < 1.29 is 19.4 Å². The number of carbonyl (C=O) groups excluding carboxylic acids is 1. The van der Waals surface area contributed by atoms with E-state index in [2.05, 4.69) is 60.7 Å². The van der Waals surface area contributed by atoms with E-state index >= 15 is 0 Å². The number of fused-ring (bicyclic) bond motifs is 7. The van der Waals surface area contributed by atoms with Crippen molar-refractivity contribution in [1.29, 1.82) is 0 Å². The van der Waals surface area contributed by atoms with Gasteiger partial charge in [0.05, 0.1) is 5.41 Å². The second kappa shape index (κ2) is 10.4. The van der Waals surface area contributed by atoms with E-state index in [9.17, 15) is 14.7 Å². The van der Waals surface area contributed by atoms with Gasteiger partial charge in [-0.15, -0.1) is 0 Å². The molecule has 0 spiro atoms. The first-order chi connectivity index (χ1) is 20.1. The summed E-state index contributed by atoms with van der Waals surface area (Å²) in [6.07, 6.45) is 16.3. The normalized spacial score (nSPS) is 49.3. The summed E-state index contributed by atoms with van der Waals surface area (Å²) in [6.45, 7) is 19.8. The quantitative estimate of drug-likeness (QED) is 0.338. The molecular formula is C38H63NO4. The number of carboxylic acid groups (broad SMARTS) is 1. The molecule has 6 unspecified atom stereocenters. The number of rotatable bonds is 4. The molecule has 10 atom stereocenters. The van der Waals surface area contributed by atoms with E-state index in [1.54, 1.807) is 0 Å². The molecule has 6 rings (SSSR count). The summed E-state index contributed by atoms with van der Waals surface area (Å²) in [5.74, 6) is 1.87. The Morgan fingerprint density at radius 3 is 2.07 bits per heavy atom. The number of ether oxygens (including phenoxy) is 1. The molecule has 6 aliphatic carbocycles. The van der Waals surface area contributed by atoms with Gasteiger partial charge in [-0.25, -0.2) is 4.79 Å². The van der Waals surface area contributed by atoms with Crippen LogP contribution in [0.25, 0.3) is 0 Å². The lowest BCUT2D eigenvalue weighted by Crippen LogP contribution is -2.67. The third kappa shape index (κ3) is 4.34. The third-order valence-corrected chi connectivity index (χ3v) is 16.7. The Labute approximate surface area is 262 Å². The summed E-state index contributed by atoms with van der Waals surface area (Å²) in [4.78, 5) is 26.2. The molecule has 0 bridgehead atoms. The van der Waals surface area contributed by atoms with Gasteiger partial charge in [-0.1, -0.05) is 74.7 Å². The van der Waals surface area contributed by atoms with E-state index in [1.807, 2.05) is 0 Å². The van der Waals surface area contributed by atoms with Crippen LogP contribution in [0.15, 0.2) is 0 Å². The maximum absolute atomic E-state index is 13.1. The number of alkyl carbamates (subject to hydrolysis) is 1. The highest BCUT2D eigenvalue weighted by Gasteiger charge is 2.73. The van der Waals surface area contributed by atoms with Crippen molar-refractivity contribution in [1.82, 2.24) is 5.32 Å². The molecule has 0 heterocycles. The highest BCUT2D eigenvalue weighted by Crippen LogP contribution is 2.79. The van der Waals surface area contributed by atoms with Gasteiger partial charge in [0.15, 0.2) is 0 Å². The summed E-state index contributed by atoms with van der Waals surface area (Å²) < 4.78 is 6.29. The van der Waals surface area contributed by atoms with Crippen LogP contribution < -0.4 is 5.32 Å². The molecule has 0 aromatic carbocycles. The van der Waals surface area contributed by atoms with Gasteiger partial charge in [0.2, 0.25) is 0 Å². The van der Waals surface area contributed by atoms with Gasteiger partial charge in [0.25, 0.3) is 0 Å². The second-order valence-corrected chi connectivity index (χ2v) is 18.5. The van der Waals surface area contributed by atoms with Gasteiger partial charge >= 0.3 is 12.1 Å². The number of carbonyl (C=O) groups is 2. The molecule has 5 nitrogen and oxygen atoms in total. The highest BCUT2D eigenvalue weighted by atomic mass is 16.6. The molecule has 2 N–H and O–H groups in total. The Morgan fingerprint density at radius 1 is 0.744 bits per heavy atom. The van der Waals surface area contributed by atoms with Crippen LogP contribution in [0, 0.1) is 62.1 Å². The molecule has 0 aromatic rings. The number of aliphatic carboxylic acids is 1. The summed E-state index contributed by atoms with van der Waals surface area (Å²) in [6, 6.07) is 0.275. The van der Waals surface area contributed by atoms with Crippen molar-refractivity contribution in [2.45, 2.75) is 164 Å². The maximum Gasteiger partial charge on any atom is 0.407 e. The molecule has 6 aliphatic rings. The zero-order chi connectivity index (χ0) is 31.2. The van der Waals surface area contributed by atoms with Gasteiger partial charge in [0, 0.05) is 11.5 Å². The number of carboxylic acids is 1. The predicted octanol–water partition coefficient (Wildman–Crippen LogP) is 9.63. The Morgan fingerprint density at radius 2 is 1.42 bits per heavy atom. The molecule has 244 valence electrons. The topological polar surface area (TPSA) is 75.6 Å². The van der Waals surface area contributed by atoms with Crippen LogP contribution in [-0.2, 0) is 9.53 Å². The van der Waals surface area contributed by atoms with E-state index in [0.29, 0.717) is 23.7 Å². The SMILES string of the molecule is CC(C)C1(C)CC[C@]2(C(=O)O)CC[C@]3(C)C(CCC4C3(C)CCC3C(C)(C)[C@H](OC(=O)NC5CCCCC5)CC[C@@]34C)C12. The van der Waals surface area contributed by atoms with E-state index in [-0.39, 0.29) is 51.2 Å². The van der Waals surface area contributed by atoms with Gasteiger partial charge in [0.1, 0.15) is 6.10 Å². The zero-order valence-electron chi connectivity index (χ0n) is 28.8. The van der Waals surface area contributed by atoms with Crippen LogP contribution in [0.2, 0.25) is 0 Å². The first-order valence-electron chi connectivity index (χ1n) is 18.3. The summed E-state index contributed by atoms with van der Waals surface area (Å²) in [5, 5.41) is 14.0. The van der Waals surface area contributed by atoms with Crippen molar-refractivity contribution >= 4 is 12.1 Å². The minimum Gasteiger partial charge on any atom is -0.481 e. The van der Waals surface area contributed by atoms with Crippen LogP contribution in [0.3, 0.4) is 0 Å². The molecule has 0 saturated heterocycles. The fourth-order valence-electron chi connectivity index (χ4n) is 13.8.